The molecule has 0 aromatic carbocycles. The molecule has 0 aliphatic carbocycles. The smallest absolute Gasteiger partial charge is 1.00 e. The molecule has 0 radical (unpaired) electrons. The van der Waals surface area contributed by atoms with E-state index in [9.17, 15) is 0 Å². The van der Waals surface area contributed by atoms with E-state index in [1.807, 2.05) is 0 Å². The summed E-state index contributed by atoms with van der Waals surface area (Å²) in [6.45, 7) is -4.35. The molecule has 12 atom stereocenters. The van der Waals surface area contributed by atoms with E-state index in [1.165, 1.54) is 0 Å². The van der Waals surface area contributed by atoms with Gasteiger partial charge in [-0.05, 0) is 0 Å². The van der Waals surface area contributed by atoms with Gasteiger partial charge in [-0.15, -0.1) is 0 Å². The van der Waals surface area contributed by atoms with Gasteiger partial charge in [0.05, 0.1) is 39.6 Å². The summed E-state index contributed by atoms with van der Waals surface area (Å²) < 4.78 is 0. The van der Waals surface area contributed by atoms with Crippen molar-refractivity contribution in [3.8, 4) is 0 Å². The van der Waals surface area contributed by atoms with Gasteiger partial charge in [0.2, 0.25) is 0 Å². The number of aliphatic hydroxyl groups is 18. The van der Waals surface area contributed by atoms with E-state index >= 15 is 0 Å². The van der Waals surface area contributed by atoms with Crippen LogP contribution >= 0.6 is 0 Å². The molecule has 0 bridgehead atoms. The van der Waals surface area contributed by atoms with E-state index in [-0.39, 0.29) is 62.6 Å². The van der Waals surface area contributed by atoms with Crippen LogP contribution in [-0.4, -0.2) is 243 Å². The molecule has 0 saturated heterocycles. The topological polar surface area (TPSA) is 364 Å². The quantitative estimate of drug-likeness (QED) is 0.0727. The first-order valence-corrected chi connectivity index (χ1v) is 10.4. The molecule has 0 unspecified atom stereocenters. The van der Waals surface area contributed by atoms with Gasteiger partial charge in [-0.25, -0.2) is 0 Å². The molecule has 0 saturated carbocycles. The zero-order valence-corrected chi connectivity index (χ0v) is 24.4. The third kappa shape index (κ3) is 22.3. The standard InChI is InChI=1S/3C6H14O6.Ca.2ClH/c3*7-1-3(9)5(11)6(12)4(10)2-8;;;/h3*3-12H,1-2H2;;2*1H/q;;;+2;;/p-2/t3*3-,4+,5-,6-;;;/m111.../s1. The van der Waals surface area contributed by atoms with Gasteiger partial charge >= 0.3 is 37.7 Å². The van der Waals surface area contributed by atoms with Gasteiger partial charge in [-0.3, -0.25) is 0 Å². The van der Waals surface area contributed by atoms with Crippen LogP contribution in [0.5, 0.6) is 0 Å². The first kappa shape index (κ1) is 52.7. The minimum atomic E-state index is -1.67. The Morgan fingerprint density at radius 3 is 0.385 bits per heavy atom. The maximum absolute atomic E-state index is 8.96. The zero-order valence-electron chi connectivity index (χ0n) is 20.7. The van der Waals surface area contributed by atoms with Gasteiger partial charge in [0.15, 0.2) is 0 Å². The van der Waals surface area contributed by atoms with Crippen molar-refractivity contribution in [3.05, 3.63) is 0 Å². The summed E-state index contributed by atoms with van der Waals surface area (Å²) in [5, 5.41) is 157. The Bertz CT molecular complexity index is 398. The normalized spacial score (nSPS) is 19.8. The molecule has 0 aromatic rings. The summed E-state index contributed by atoms with van der Waals surface area (Å²) in [6, 6.07) is 0. The van der Waals surface area contributed by atoms with E-state index in [1.54, 1.807) is 0 Å². The van der Waals surface area contributed by atoms with Crippen molar-refractivity contribution < 1.29 is 117 Å². The molecule has 0 amide bonds. The van der Waals surface area contributed by atoms with Crippen LogP contribution in [0.15, 0.2) is 0 Å². The van der Waals surface area contributed by atoms with Crippen LogP contribution in [-0.2, 0) is 0 Å². The summed E-state index contributed by atoms with van der Waals surface area (Å²) in [6.07, 6.45) is -19.2. The Balaban J connectivity index is -0.000000101. The Kier molecular flexibility index (Phi) is 41.3. The SMILES string of the molecule is OC[C@@H](O)[C@@H](O)[C@H](O)[C@@H](O)CO.OC[C@@H](O)[C@@H](O)[C@H](O)[C@@H](O)CO.OC[C@@H](O)[C@@H](O)[C@H](O)[C@@H](O)CO.[Ca+2].[Cl-].[Cl-]. The Labute approximate surface area is 266 Å². The van der Waals surface area contributed by atoms with E-state index in [0.717, 1.165) is 0 Å². The molecule has 0 heterocycles. The van der Waals surface area contributed by atoms with Crippen molar-refractivity contribution in [3.63, 3.8) is 0 Å². The second kappa shape index (κ2) is 30.6. The largest absolute Gasteiger partial charge is 2.00 e. The van der Waals surface area contributed by atoms with Crippen molar-refractivity contribution in [2.24, 2.45) is 0 Å². The van der Waals surface area contributed by atoms with Gasteiger partial charge in [0.25, 0.3) is 0 Å². The zero-order chi connectivity index (χ0) is 29.2. The van der Waals surface area contributed by atoms with Crippen LogP contribution in [0.3, 0.4) is 0 Å². The number of aliphatic hydroxyl groups excluding tert-OH is 18. The van der Waals surface area contributed by atoms with Gasteiger partial charge in [-0.1, -0.05) is 0 Å². The van der Waals surface area contributed by atoms with Gasteiger partial charge in [0, 0.05) is 0 Å². The number of halogens is 2. The molecular weight excluding hydrogens is 615 g/mol. The van der Waals surface area contributed by atoms with Crippen molar-refractivity contribution in [1.82, 2.24) is 0 Å². The number of hydrogen-bond acceptors (Lipinski definition) is 18. The van der Waals surface area contributed by atoms with E-state index < -0.39 is 113 Å². The molecule has 21 heteroatoms. The summed E-state index contributed by atoms with van der Waals surface area (Å²) in [4.78, 5) is 0. The predicted octanol–water partition coefficient (Wildman–Crippen LogP) is -17.1. The third-order valence-corrected chi connectivity index (χ3v) is 4.54. The maximum atomic E-state index is 8.96. The second-order valence-electron chi connectivity index (χ2n) is 7.44. The molecule has 0 aromatic heterocycles. The summed E-state index contributed by atoms with van der Waals surface area (Å²) in [5.41, 5.74) is 0. The van der Waals surface area contributed by atoms with Crippen molar-refractivity contribution in [2.75, 3.05) is 39.6 Å². The second-order valence-corrected chi connectivity index (χ2v) is 7.44. The molecule has 0 aliphatic rings. The Morgan fingerprint density at radius 2 is 0.333 bits per heavy atom. The van der Waals surface area contributed by atoms with Crippen LogP contribution in [0.25, 0.3) is 0 Å². The molecule has 18 N–H and O–H groups in total. The molecule has 0 fully saturated rings. The fourth-order valence-electron chi connectivity index (χ4n) is 2.01. The van der Waals surface area contributed by atoms with Crippen molar-refractivity contribution in [2.45, 2.75) is 73.2 Å². The molecule has 0 rings (SSSR count). The van der Waals surface area contributed by atoms with Gasteiger partial charge < -0.3 is 117 Å². The van der Waals surface area contributed by atoms with E-state index in [4.69, 9.17) is 91.9 Å². The molecule has 18 nitrogen and oxygen atoms in total. The molecule has 39 heavy (non-hydrogen) atoms. The van der Waals surface area contributed by atoms with Crippen LogP contribution in [0.4, 0.5) is 0 Å². The van der Waals surface area contributed by atoms with Crippen molar-refractivity contribution >= 4 is 37.7 Å². The summed E-state index contributed by atoms with van der Waals surface area (Å²) in [7, 11) is 0. The molecule has 0 aliphatic heterocycles. The van der Waals surface area contributed by atoms with Crippen LogP contribution in [0, 0.1) is 0 Å². The number of rotatable bonds is 15. The first-order chi connectivity index (χ1) is 16.6. The molecular formula is C18H42CaCl2O18. The average Bonchev–Trinajstić information content (AvgIpc) is 2.92. The minimum absolute atomic E-state index is 0. The van der Waals surface area contributed by atoms with E-state index in [0.29, 0.717) is 0 Å². The molecule has 238 valence electrons. The minimum Gasteiger partial charge on any atom is -1.00 e. The fourth-order valence-corrected chi connectivity index (χ4v) is 2.01. The fraction of sp³-hybridized carbons (Fsp3) is 1.00. The summed E-state index contributed by atoms with van der Waals surface area (Å²) in [5.74, 6) is 0. The third-order valence-electron chi connectivity index (χ3n) is 4.54. The number of hydrogen-bond donors (Lipinski definition) is 18. The van der Waals surface area contributed by atoms with Gasteiger partial charge in [-0.2, -0.15) is 0 Å². The monoisotopic (exact) mass is 656 g/mol. The van der Waals surface area contributed by atoms with Crippen LogP contribution in [0.1, 0.15) is 0 Å². The van der Waals surface area contributed by atoms with Crippen molar-refractivity contribution in [1.29, 1.82) is 0 Å². The maximum Gasteiger partial charge on any atom is 2.00 e. The summed E-state index contributed by atoms with van der Waals surface area (Å²) >= 11 is 0. The predicted molar refractivity (Wildman–Crippen MR) is 120 cm³/mol. The molecule has 0 spiro atoms. The average molecular weight is 658 g/mol. The Morgan fingerprint density at radius 1 is 0.256 bits per heavy atom. The van der Waals surface area contributed by atoms with E-state index in [2.05, 4.69) is 0 Å². The van der Waals surface area contributed by atoms with Gasteiger partial charge in [0.1, 0.15) is 73.2 Å². The Hall–Kier alpha value is 1.12. The first-order valence-electron chi connectivity index (χ1n) is 10.4. The van der Waals surface area contributed by atoms with Crippen LogP contribution < -0.4 is 24.8 Å². The van der Waals surface area contributed by atoms with Crippen LogP contribution in [0.2, 0.25) is 0 Å².